The minimum atomic E-state index is -0.978. The number of benzene rings is 3. The second kappa shape index (κ2) is 13.6. The maximum absolute atomic E-state index is 14.2. The van der Waals surface area contributed by atoms with Gasteiger partial charge in [0.1, 0.15) is 6.04 Å². The van der Waals surface area contributed by atoms with E-state index in [2.05, 4.69) is 6.07 Å². The van der Waals surface area contributed by atoms with Crippen LogP contribution in [0.15, 0.2) is 84.4 Å². The van der Waals surface area contributed by atoms with Crippen LogP contribution in [-0.2, 0) is 32.0 Å². The van der Waals surface area contributed by atoms with E-state index in [0.717, 1.165) is 27.5 Å². The summed E-state index contributed by atoms with van der Waals surface area (Å²) < 4.78 is 0. The van der Waals surface area contributed by atoms with Crippen LogP contribution in [-0.4, -0.2) is 65.0 Å². The van der Waals surface area contributed by atoms with Crippen LogP contribution in [0.2, 0.25) is 0 Å². The van der Waals surface area contributed by atoms with Gasteiger partial charge in [-0.2, -0.15) is 0 Å². The van der Waals surface area contributed by atoms with Gasteiger partial charge in [-0.3, -0.25) is 19.2 Å². The third kappa shape index (κ3) is 7.99. The first-order valence-corrected chi connectivity index (χ1v) is 15.2. The number of carbonyl (C=O) groups excluding carboxylic acids is 4. The maximum atomic E-state index is 14.2. The lowest BCUT2D eigenvalue weighted by molar-refractivity contribution is -0.149. The van der Waals surface area contributed by atoms with Crippen molar-refractivity contribution in [1.29, 1.82) is 0 Å². The summed E-state index contributed by atoms with van der Waals surface area (Å²) in [6, 6.07) is 22.8. The number of primary amides is 1. The van der Waals surface area contributed by atoms with Crippen molar-refractivity contribution in [2.24, 2.45) is 16.9 Å². The Bertz CT molecular complexity index is 1550. The van der Waals surface area contributed by atoms with E-state index < -0.39 is 28.7 Å². The van der Waals surface area contributed by atoms with Gasteiger partial charge in [0.15, 0.2) is 0 Å². The molecule has 1 atom stereocenters. The molecule has 44 heavy (non-hydrogen) atoms. The van der Waals surface area contributed by atoms with Gasteiger partial charge in [0.05, 0.1) is 0 Å². The number of Topliss-reactive ketones (excluding diaryl/α,β-unsaturated/α-hetero) is 1. The molecule has 3 aromatic rings. The molecule has 0 saturated carbocycles. The fourth-order valence-electron chi connectivity index (χ4n) is 6.31. The molecule has 1 heterocycles. The molecule has 0 radical (unpaired) electrons. The highest BCUT2D eigenvalue weighted by atomic mass is 16.2. The number of amides is 3. The van der Waals surface area contributed by atoms with Crippen molar-refractivity contribution in [3.63, 3.8) is 0 Å². The summed E-state index contributed by atoms with van der Waals surface area (Å²) in [4.78, 5) is 56.1. The normalized spacial score (nSPS) is 15.9. The third-order valence-corrected chi connectivity index (χ3v) is 8.57. The number of nitrogens with two attached hydrogens (primary N) is 2. The summed E-state index contributed by atoms with van der Waals surface area (Å²) in [5.74, 6) is -2.02. The van der Waals surface area contributed by atoms with Crippen LogP contribution >= 0.6 is 0 Å². The van der Waals surface area contributed by atoms with Gasteiger partial charge in [-0.15, -0.1) is 0 Å². The average Bonchev–Trinajstić information content (AvgIpc) is 2.98. The first kappa shape index (κ1) is 32.6. The Hall–Kier alpha value is -4.30. The zero-order valence-corrected chi connectivity index (χ0v) is 26.2. The summed E-state index contributed by atoms with van der Waals surface area (Å²) in [5, 5.41) is 2.15. The van der Waals surface area contributed by atoms with Crippen LogP contribution in [0.25, 0.3) is 10.8 Å². The number of likely N-dealkylation sites (tertiary alicyclic amines) is 1. The van der Waals surface area contributed by atoms with E-state index in [9.17, 15) is 19.2 Å². The number of nitrogens with zero attached hydrogens (tertiary/aromatic N) is 2. The van der Waals surface area contributed by atoms with Crippen molar-refractivity contribution in [3.8, 4) is 0 Å². The van der Waals surface area contributed by atoms with Crippen LogP contribution < -0.4 is 11.5 Å². The first-order chi connectivity index (χ1) is 20.8. The van der Waals surface area contributed by atoms with E-state index in [4.69, 9.17) is 11.5 Å². The van der Waals surface area contributed by atoms with Crippen molar-refractivity contribution >= 4 is 34.3 Å². The number of carbonyl (C=O) groups is 4. The van der Waals surface area contributed by atoms with Crippen molar-refractivity contribution in [1.82, 2.24) is 9.80 Å². The molecule has 3 amide bonds. The molecule has 4 N–H and O–H groups in total. The highest BCUT2D eigenvalue weighted by Gasteiger charge is 2.45. The number of hydrogen-bond acceptors (Lipinski definition) is 5. The molecule has 232 valence electrons. The van der Waals surface area contributed by atoms with Crippen LogP contribution in [0, 0.1) is 5.41 Å². The van der Waals surface area contributed by atoms with Gasteiger partial charge in [0, 0.05) is 43.6 Å². The Kier molecular flexibility index (Phi) is 10.0. The quantitative estimate of drug-likeness (QED) is 0.254. The number of fused-ring (bicyclic) bond motifs is 1. The number of ketones is 1. The summed E-state index contributed by atoms with van der Waals surface area (Å²) in [6.07, 6.45) is 3.41. The average molecular weight is 597 g/mol. The predicted molar refractivity (Wildman–Crippen MR) is 173 cm³/mol. The summed E-state index contributed by atoms with van der Waals surface area (Å²) in [5.41, 5.74) is 12.9. The number of piperidine rings is 1. The molecule has 3 aromatic carbocycles. The van der Waals surface area contributed by atoms with Crippen molar-refractivity contribution < 1.29 is 19.2 Å². The van der Waals surface area contributed by atoms with Gasteiger partial charge in [-0.25, -0.2) is 0 Å². The first-order valence-electron chi connectivity index (χ1n) is 15.2. The smallest absolute Gasteiger partial charge is 0.285 e. The van der Waals surface area contributed by atoms with Crippen molar-refractivity contribution in [2.75, 3.05) is 20.1 Å². The summed E-state index contributed by atoms with van der Waals surface area (Å²) in [6.45, 7) is 6.23. The van der Waals surface area contributed by atoms with Crippen LogP contribution in [0.1, 0.15) is 51.2 Å². The third-order valence-electron chi connectivity index (χ3n) is 8.57. The molecule has 8 heteroatoms. The topological polar surface area (TPSA) is 127 Å². The Labute approximate surface area is 260 Å². The van der Waals surface area contributed by atoms with Crippen LogP contribution in [0.4, 0.5) is 0 Å². The van der Waals surface area contributed by atoms with Gasteiger partial charge < -0.3 is 21.3 Å². The monoisotopic (exact) mass is 596 g/mol. The Morgan fingerprint density at radius 2 is 1.55 bits per heavy atom. The fourth-order valence-corrected chi connectivity index (χ4v) is 6.31. The minimum Gasteiger partial charge on any atom is -0.363 e. The van der Waals surface area contributed by atoms with Gasteiger partial charge >= 0.3 is 0 Å². The highest BCUT2D eigenvalue weighted by molar-refractivity contribution is 6.37. The van der Waals surface area contributed by atoms with Crippen molar-refractivity contribution in [3.05, 3.63) is 95.6 Å². The van der Waals surface area contributed by atoms with E-state index in [1.54, 1.807) is 18.0 Å². The molecule has 0 unspecified atom stereocenters. The second-order valence-corrected chi connectivity index (χ2v) is 13.0. The zero-order chi connectivity index (χ0) is 32.1. The second-order valence-electron chi connectivity index (χ2n) is 13.0. The molecule has 0 spiro atoms. The van der Waals surface area contributed by atoms with E-state index >= 15 is 0 Å². The Morgan fingerprint density at radius 3 is 2.16 bits per heavy atom. The summed E-state index contributed by atoms with van der Waals surface area (Å²) >= 11 is 0. The van der Waals surface area contributed by atoms with Crippen molar-refractivity contribution in [2.45, 2.75) is 64.5 Å². The largest absolute Gasteiger partial charge is 0.363 e. The molecule has 1 aliphatic heterocycles. The summed E-state index contributed by atoms with van der Waals surface area (Å²) in [7, 11) is 1.66. The molecule has 8 nitrogen and oxygen atoms in total. The van der Waals surface area contributed by atoms with Gasteiger partial charge in [-0.1, -0.05) is 78.4 Å². The maximum Gasteiger partial charge on any atom is 0.285 e. The van der Waals surface area contributed by atoms with E-state index in [1.165, 1.54) is 4.90 Å². The lowest BCUT2D eigenvalue weighted by Gasteiger charge is -2.42. The van der Waals surface area contributed by atoms with Gasteiger partial charge in [0.25, 0.3) is 5.91 Å². The molecule has 0 bridgehead atoms. The Morgan fingerprint density at radius 1 is 0.932 bits per heavy atom. The van der Waals surface area contributed by atoms with E-state index in [0.29, 0.717) is 32.1 Å². The minimum absolute atomic E-state index is 0.195. The molecule has 4 rings (SSSR count). The number of likely N-dealkylation sites (N-methyl/N-ethyl adjacent to an activating group) is 1. The van der Waals surface area contributed by atoms with Gasteiger partial charge in [0.2, 0.25) is 17.6 Å². The van der Waals surface area contributed by atoms with E-state index in [-0.39, 0.29) is 24.9 Å². The van der Waals surface area contributed by atoms with Gasteiger partial charge in [-0.05, 0) is 68.4 Å². The molecular formula is C36H44N4O4. The highest BCUT2D eigenvalue weighted by Crippen LogP contribution is 2.37. The number of hydrogen-bond donors (Lipinski definition) is 2. The standard InChI is InChI=1S/C36H44N4O4/c1-25(23-35(2,3)38)20-31(41)39(4)30(22-27-14-15-28-12-8-9-13-29(28)21-27)34(44)40-18-16-36(17-19-40,32(42)33(37)43)24-26-10-6-5-7-11-26/h5-15,20-21,30H,16-19,22-24,38H2,1-4H3,(H2,37,43)/b25-20+/t30-/m1/s1. The zero-order valence-electron chi connectivity index (χ0n) is 26.2. The predicted octanol–water partition coefficient (Wildman–Crippen LogP) is 4.19. The Balaban J connectivity index is 1.60. The lowest BCUT2D eigenvalue weighted by atomic mass is 9.70. The SMILES string of the molecule is C/C(=C\C(=O)N(C)[C@H](Cc1ccc2ccccc2c1)C(=O)N1CCC(Cc2ccccc2)(C(=O)C(N)=O)CC1)CC(C)(C)N. The molecule has 0 aliphatic carbocycles. The molecule has 1 fully saturated rings. The molecule has 1 saturated heterocycles. The van der Waals surface area contributed by atoms with E-state index in [1.807, 2.05) is 87.5 Å². The number of rotatable bonds is 11. The van der Waals surface area contributed by atoms with Crippen LogP contribution in [0.3, 0.4) is 0 Å². The van der Waals surface area contributed by atoms with Crippen LogP contribution in [0.5, 0.6) is 0 Å². The fraction of sp³-hybridized carbons (Fsp3) is 0.389. The molecule has 0 aromatic heterocycles. The molecule has 1 aliphatic rings. The lowest BCUT2D eigenvalue weighted by Crippen LogP contribution is -2.55. The molecular weight excluding hydrogens is 552 g/mol.